The Morgan fingerprint density at radius 1 is 1.16 bits per heavy atom. The third-order valence-electron chi connectivity index (χ3n) is 3.28. The van der Waals surface area contributed by atoms with Gasteiger partial charge in [-0.25, -0.2) is 4.98 Å². The SMILES string of the molecule is CCc1nc(SCC(=O)Nc2cccc(Oc3ccccc3)c2)n[nH]1. The van der Waals surface area contributed by atoms with Crippen LogP contribution in [0.2, 0.25) is 0 Å². The number of benzene rings is 2. The van der Waals surface area contributed by atoms with Crippen LogP contribution in [-0.2, 0) is 11.2 Å². The van der Waals surface area contributed by atoms with E-state index in [1.165, 1.54) is 11.8 Å². The molecule has 3 rings (SSSR count). The van der Waals surface area contributed by atoms with Crippen molar-refractivity contribution in [2.45, 2.75) is 18.5 Å². The van der Waals surface area contributed by atoms with E-state index in [2.05, 4.69) is 20.5 Å². The Morgan fingerprint density at radius 2 is 1.96 bits per heavy atom. The number of H-pyrrole nitrogens is 1. The van der Waals surface area contributed by atoms with Gasteiger partial charge >= 0.3 is 0 Å². The van der Waals surface area contributed by atoms with Gasteiger partial charge in [-0.1, -0.05) is 43.0 Å². The quantitative estimate of drug-likeness (QED) is 0.629. The first-order chi connectivity index (χ1) is 12.2. The minimum atomic E-state index is -0.121. The molecule has 0 aliphatic heterocycles. The highest BCUT2D eigenvalue weighted by Crippen LogP contribution is 2.24. The highest BCUT2D eigenvalue weighted by molar-refractivity contribution is 7.99. The summed E-state index contributed by atoms with van der Waals surface area (Å²) in [7, 11) is 0. The molecule has 1 heterocycles. The summed E-state index contributed by atoms with van der Waals surface area (Å²) in [5.41, 5.74) is 0.684. The lowest BCUT2D eigenvalue weighted by atomic mass is 10.3. The first-order valence-corrected chi connectivity index (χ1v) is 8.88. The summed E-state index contributed by atoms with van der Waals surface area (Å²) in [6, 6.07) is 16.8. The molecule has 0 bridgehead atoms. The molecule has 128 valence electrons. The van der Waals surface area contributed by atoms with Crippen molar-refractivity contribution in [3.63, 3.8) is 0 Å². The van der Waals surface area contributed by atoms with Crippen molar-refractivity contribution in [3.8, 4) is 11.5 Å². The molecule has 7 heteroatoms. The van der Waals surface area contributed by atoms with Crippen molar-refractivity contribution in [2.75, 3.05) is 11.1 Å². The molecule has 0 spiro atoms. The molecule has 0 aliphatic rings. The van der Waals surface area contributed by atoms with Gasteiger partial charge < -0.3 is 10.1 Å². The van der Waals surface area contributed by atoms with E-state index >= 15 is 0 Å². The number of hydrogen-bond acceptors (Lipinski definition) is 5. The summed E-state index contributed by atoms with van der Waals surface area (Å²) in [4.78, 5) is 16.4. The van der Waals surface area contributed by atoms with Crippen LogP contribution >= 0.6 is 11.8 Å². The summed E-state index contributed by atoms with van der Waals surface area (Å²) in [6.45, 7) is 1.99. The highest BCUT2D eigenvalue weighted by atomic mass is 32.2. The van der Waals surface area contributed by atoms with Crippen molar-refractivity contribution < 1.29 is 9.53 Å². The van der Waals surface area contributed by atoms with Gasteiger partial charge in [0.15, 0.2) is 0 Å². The number of anilines is 1. The summed E-state index contributed by atoms with van der Waals surface area (Å²) in [5, 5.41) is 10.3. The minimum Gasteiger partial charge on any atom is -0.457 e. The zero-order valence-electron chi connectivity index (χ0n) is 13.7. The minimum absolute atomic E-state index is 0.121. The maximum absolute atomic E-state index is 12.1. The largest absolute Gasteiger partial charge is 0.457 e. The average molecular weight is 354 g/mol. The second-order valence-electron chi connectivity index (χ2n) is 5.20. The molecule has 25 heavy (non-hydrogen) atoms. The molecule has 1 amide bonds. The van der Waals surface area contributed by atoms with Crippen LogP contribution in [0.4, 0.5) is 5.69 Å². The van der Waals surface area contributed by atoms with Gasteiger partial charge in [-0.15, -0.1) is 5.10 Å². The average Bonchev–Trinajstić information content (AvgIpc) is 3.09. The van der Waals surface area contributed by atoms with E-state index < -0.39 is 0 Å². The number of thioether (sulfide) groups is 1. The Bertz CT molecular complexity index is 836. The number of aryl methyl sites for hydroxylation is 1. The molecule has 0 atom stereocenters. The summed E-state index contributed by atoms with van der Waals surface area (Å²) >= 11 is 1.29. The van der Waals surface area contributed by atoms with Gasteiger partial charge in [-0.2, -0.15) is 0 Å². The Hall–Kier alpha value is -2.80. The number of carbonyl (C=O) groups excluding carboxylic acids is 1. The lowest BCUT2D eigenvalue weighted by molar-refractivity contribution is -0.113. The smallest absolute Gasteiger partial charge is 0.234 e. The van der Waals surface area contributed by atoms with Crippen LogP contribution in [0.15, 0.2) is 59.8 Å². The third kappa shape index (κ3) is 5.09. The molecule has 0 aliphatic carbocycles. The fourth-order valence-corrected chi connectivity index (χ4v) is 2.71. The van der Waals surface area contributed by atoms with Crippen molar-refractivity contribution in [1.29, 1.82) is 0 Å². The van der Waals surface area contributed by atoms with Crippen molar-refractivity contribution >= 4 is 23.4 Å². The van der Waals surface area contributed by atoms with Gasteiger partial charge in [0.1, 0.15) is 17.3 Å². The topological polar surface area (TPSA) is 79.9 Å². The number of ether oxygens (including phenoxy) is 1. The fraction of sp³-hybridized carbons (Fsp3) is 0.167. The number of nitrogens with zero attached hydrogens (tertiary/aromatic N) is 2. The number of hydrogen-bond donors (Lipinski definition) is 2. The fourth-order valence-electron chi connectivity index (χ4n) is 2.09. The molecule has 0 unspecified atom stereocenters. The molecule has 0 saturated carbocycles. The van der Waals surface area contributed by atoms with Crippen LogP contribution in [0.1, 0.15) is 12.7 Å². The molecular formula is C18H18N4O2S. The van der Waals surface area contributed by atoms with Gasteiger partial charge in [0.2, 0.25) is 11.1 Å². The lowest BCUT2D eigenvalue weighted by Crippen LogP contribution is -2.14. The van der Waals surface area contributed by atoms with Crippen molar-refractivity contribution in [1.82, 2.24) is 15.2 Å². The Balaban J connectivity index is 1.55. The summed E-state index contributed by atoms with van der Waals surface area (Å²) in [5.74, 6) is 2.35. The summed E-state index contributed by atoms with van der Waals surface area (Å²) < 4.78 is 5.76. The van der Waals surface area contributed by atoms with E-state index in [1.54, 1.807) is 6.07 Å². The van der Waals surface area contributed by atoms with E-state index in [0.29, 0.717) is 16.6 Å². The molecule has 3 aromatic rings. The number of rotatable bonds is 7. The van der Waals surface area contributed by atoms with E-state index in [-0.39, 0.29) is 11.7 Å². The number of aromatic amines is 1. The van der Waals surface area contributed by atoms with E-state index in [0.717, 1.165) is 18.0 Å². The number of amides is 1. The van der Waals surface area contributed by atoms with Crippen LogP contribution in [-0.4, -0.2) is 26.8 Å². The van der Waals surface area contributed by atoms with E-state index in [4.69, 9.17) is 4.74 Å². The molecule has 2 aromatic carbocycles. The molecule has 1 aromatic heterocycles. The van der Waals surface area contributed by atoms with Crippen LogP contribution in [0.5, 0.6) is 11.5 Å². The maximum Gasteiger partial charge on any atom is 0.234 e. The molecule has 6 nitrogen and oxygen atoms in total. The van der Waals surface area contributed by atoms with Crippen LogP contribution in [0.3, 0.4) is 0 Å². The van der Waals surface area contributed by atoms with Crippen molar-refractivity contribution in [3.05, 3.63) is 60.4 Å². The van der Waals surface area contributed by atoms with Gasteiger partial charge in [-0.05, 0) is 24.3 Å². The molecule has 0 fully saturated rings. The van der Waals surface area contributed by atoms with Crippen molar-refractivity contribution in [2.24, 2.45) is 0 Å². The third-order valence-corrected chi connectivity index (χ3v) is 4.12. The standard InChI is InChI=1S/C18H18N4O2S/c1-2-16-20-18(22-21-16)25-12-17(23)19-13-7-6-10-15(11-13)24-14-8-4-3-5-9-14/h3-11H,2,12H2,1H3,(H,19,23)(H,20,21,22). The zero-order valence-corrected chi connectivity index (χ0v) is 14.5. The summed E-state index contributed by atoms with van der Waals surface area (Å²) in [6.07, 6.45) is 0.786. The molecule has 0 saturated heterocycles. The second-order valence-corrected chi connectivity index (χ2v) is 6.14. The van der Waals surface area contributed by atoms with E-state index in [1.807, 2.05) is 55.5 Å². The monoisotopic (exact) mass is 354 g/mol. The maximum atomic E-state index is 12.1. The zero-order chi connectivity index (χ0) is 17.5. The lowest BCUT2D eigenvalue weighted by Gasteiger charge is -2.08. The van der Waals surface area contributed by atoms with Crippen LogP contribution in [0.25, 0.3) is 0 Å². The number of aromatic nitrogens is 3. The number of nitrogens with one attached hydrogen (secondary N) is 2. The Morgan fingerprint density at radius 3 is 2.72 bits per heavy atom. The second kappa shape index (κ2) is 8.34. The predicted molar refractivity (Wildman–Crippen MR) is 98.1 cm³/mol. The van der Waals surface area contributed by atoms with E-state index in [9.17, 15) is 4.79 Å². The number of carbonyl (C=O) groups is 1. The van der Waals surface area contributed by atoms with Gasteiger partial charge in [0.05, 0.1) is 5.75 Å². The predicted octanol–water partition coefficient (Wildman–Crippen LogP) is 3.89. The molecule has 0 radical (unpaired) electrons. The first kappa shape index (κ1) is 17.0. The number of para-hydroxylation sites is 1. The van der Waals surface area contributed by atoms with Gasteiger partial charge in [0, 0.05) is 18.2 Å². The first-order valence-electron chi connectivity index (χ1n) is 7.90. The molecular weight excluding hydrogens is 336 g/mol. The van der Waals surface area contributed by atoms with Gasteiger partial charge in [0.25, 0.3) is 0 Å². The highest BCUT2D eigenvalue weighted by Gasteiger charge is 2.08. The van der Waals surface area contributed by atoms with Crippen LogP contribution in [0, 0.1) is 0 Å². The Labute approximate surface area is 150 Å². The normalized spacial score (nSPS) is 10.4. The van der Waals surface area contributed by atoms with Crippen LogP contribution < -0.4 is 10.1 Å². The Kier molecular flexibility index (Phi) is 5.69. The van der Waals surface area contributed by atoms with Gasteiger partial charge in [-0.3, -0.25) is 9.89 Å². The molecule has 2 N–H and O–H groups in total.